The number of thiol groups is 1. The number of aromatic nitrogens is 4. The predicted octanol–water partition coefficient (Wildman–Crippen LogP) is -2.81. The fourth-order valence-electron chi connectivity index (χ4n) is 2.94. The van der Waals surface area contributed by atoms with Crippen molar-refractivity contribution in [2.45, 2.75) is 43.4 Å². The summed E-state index contributed by atoms with van der Waals surface area (Å²) in [5, 5.41) is 25.1. The van der Waals surface area contributed by atoms with Crippen molar-refractivity contribution in [2.75, 3.05) is 5.75 Å². The summed E-state index contributed by atoms with van der Waals surface area (Å²) in [4.78, 5) is 73.5. The lowest BCUT2D eigenvalue weighted by Crippen LogP contribution is -2.58. The number of aliphatic carboxylic acids is 2. The third-order valence-electron chi connectivity index (χ3n) is 4.75. The molecule has 4 unspecified atom stereocenters. The average Bonchev–Trinajstić information content (AvgIpc) is 3.50. The lowest BCUT2D eigenvalue weighted by molar-refractivity contribution is -0.147. The highest BCUT2D eigenvalue weighted by molar-refractivity contribution is 7.80. The van der Waals surface area contributed by atoms with Crippen LogP contribution in [0.5, 0.6) is 0 Å². The van der Waals surface area contributed by atoms with Crippen molar-refractivity contribution in [3.05, 3.63) is 36.4 Å². The molecule has 35 heavy (non-hydrogen) atoms. The number of carbonyl (C=O) groups excluding carboxylic acids is 3. The molecule has 0 aliphatic heterocycles. The second-order valence-corrected chi connectivity index (χ2v) is 7.84. The fraction of sp³-hybridized carbons (Fsp3) is 0.421. The number of rotatable bonds is 14. The molecule has 0 spiro atoms. The normalized spacial score (nSPS) is 14.2. The lowest BCUT2D eigenvalue weighted by Gasteiger charge is -2.24. The Morgan fingerprint density at radius 1 is 0.857 bits per heavy atom. The predicted molar refractivity (Wildman–Crippen MR) is 122 cm³/mol. The lowest BCUT2D eigenvalue weighted by atomic mass is 10.1. The molecule has 2 aromatic heterocycles. The van der Waals surface area contributed by atoms with E-state index >= 15 is 0 Å². The van der Waals surface area contributed by atoms with Crippen molar-refractivity contribution in [1.29, 1.82) is 0 Å². The first-order valence-electron chi connectivity index (χ1n) is 10.3. The Morgan fingerprint density at radius 3 is 1.86 bits per heavy atom. The molecule has 0 fully saturated rings. The second kappa shape index (κ2) is 13.1. The summed E-state index contributed by atoms with van der Waals surface area (Å²) in [6, 6.07) is -5.22. The highest BCUT2D eigenvalue weighted by Crippen LogP contribution is 2.04. The number of H-pyrrole nitrogens is 2. The number of carbonyl (C=O) groups is 5. The number of carboxylic acids is 2. The zero-order valence-electron chi connectivity index (χ0n) is 18.3. The minimum atomic E-state index is -1.72. The van der Waals surface area contributed by atoms with Crippen LogP contribution in [0.2, 0.25) is 0 Å². The third kappa shape index (κ3) is 8.74. The van der Waals surface area contributed by atoms with Gasteiger partial charge in [0, 0.05) is 42.4 Å². The maximum atomic E-state index is 12.8. The van der Waals surface area contributed by atoms with Gasteiger partial charge in [0.05, 0.1) is 25.1 Å². The Bertz CT molecular complexity index is 1010. The Hall–Kier alpha value is -3.92. The molecule has 0 saturated carbocycles. The molecule has 2 heterocycles. The summed E-state index contributed by atoms with van der Waals surface area (Å²) in [7, 11) is 0. The maximum Gasteiger partial charge on any atom is 0.326 e. The van der Waals surface area contributed by atoms with E-state index in [-0.39, 0.29) is 18.6 Å². The second-order valence-electron chi connectivity index (χ2n) is 7.47. The van der Waals surface area contributed by atoms with E-state index < -0.39 is 60.2 Å². The van der Waals surface area contributed by atoms with Gasteiger partial charge in [-0.2, -0.15) is 12.6 Å². The molecule has 2 aromatic rings. The number of nitrogens with zero attached hydrogens (tertiary/aromatic N) is 2. The molecule has 190 valence electrons. The number of carboxylic acid groups (broad SMARTS) is 2. The first-order valence-corrected chi connectivity index (χ1v) is 10.9. The molecule has 0 saturated heterocycles. The van der Waals surface area contributed by atoms with Crippen LogP contribution in [0.25, 0.3) is 0 Å². The first-order chi connectivity index (χ1) is 16.6. The van der Waals surface area contributed by atoms with Gasteiger partial charge in [0.2, 0.25) is 17.7 Å². The third-order valence-corrected chi connectivity index (χ3v) is 5.12. The van der Waals surface area contributed by atoms with Gasteiger partial charge in [-0.15, -0.1) is 0 Å². The summed E-state index contributed by atoms with van der Waals surface area (Å²) in [5.41, 5.74) is 6.93. The molecular weight excluding hydrogens is 484 g/mol. The summed E-state index contributed by atoms with van der Waals surface area (Å²) >= 11 is 4.08. The van der Waals surface area contributed by atoms with E-state index in [4.69, 9.17) is 10.8 Å². The summed E-state index contributed by atoms with van der Waals surface area (Å²) < 4.78 is 0. The zero-order chi connectivity index (χ0) is 26.0. The maximum absolute atomic E-state index is 12.8. The van der Waals surface area contributed by atoms with Crippen LogP contribution < -0.4 is 21.7 Å². The molecule has 0 aliphatic carbocycles. The number of hydrogen-bond donors (Lipinski definition) is 9. The van der Waals surface area contributed by atoms with Crippen molar-refractivity contribution in [3.63, 3.8) is 0 Å². The summed E-state index contributed by atoms with van der Waals surface area (Å²) in [5.74, 6) is -5.50. The van der Waals surface area contributed by atoms with Crippen LogP contribution >= 0.6 is 12.6 Å². The molecule has 16 heteroatoms. The monoisotopic (exact) mass is 510 g/mol. The summed E-state index contributed by atoms with van der Waals surface area (Å²) in [6.45, 7) is 0. The molecule has 0 aromatic carbocycles. The van der Waals surface area contributed by atoms with Gasteiger partial charge in [0.15, 0.2) is 0 Å². The van der Waals surface area contributed by atoms with Crippen LogP contribution in [-0.4, -0.2) is 89.7 Å². The van der Waals surface area contributed by atoms with E-state index in [0.29, 0.717) is 11.4 Å². The average molecular weight is 511 g/mol. The topological polar surface area (TPSA) is 245 Å². The zero-order valence-corrected chi connectivity index (χ0v) is 19.2. The first kappa shape index (κ1) is 27.3. The Morgan fingerprint density at radius 2 is 1.37 bits per heavy atom. The standard InChI is InChI=1S/C19H26N8O7S/c20-11(1-9-4-21-7-23-9)16(30)27-14(6-35)18(32)25-12(2-10-5-22-8-24-10)17(31)26-13(19(33)34)3-15(28)29/h4-5,7-8,11-14,35H,1-3,6,20H2,(H,21,23)(H,22,24)(H,25,32)(H,26,31)(H,27,30)(H,28,29)(H,33,34). The van der Waals surface area contributed by atoms with Crippen LogP contribution in [0.3, 0.4) is 0 Å². The molecule has 15 nitrogen and oxygen atoms in total. The molecule has 9 N–H and O–H groups in total. The quantitative estimate of drug-likeness (QED) is 0.118. The number of nitrogens with one attached hydrogen (secondary N) is 5. The van der Waals surface area contributed by atoms with Gasteiger partial charge < -0.3 is 41.9 Å². The van der Waals surface area contributed by atoms with Crippen LogP contribution in [-0.2, 0) is 36.8 Å². The fourth-order valence-corrected chi connectivity index (χ4v) is 3.20. The van der Waals surface area contributed by atoms with Crippen molar-refractivity contribution in [3.8, 4) is 0 Å². The highest BCUT2D eigenvalue weighted by atomic mass is 32.1. The highest BCUT2D eigenvalue weighted by Gasteiger charge is 2.31. The van der Waals surface area contributed by atoms with Gasteiger partial charge in [0.1, 0.15) is 18.1 Å². The number of amides is 3. The van der Waals surface area contributed by atoms with E-state index in [0.717, 1.165) is 0 Å². The van der Waals surface area contributed by atoms with E-state index in [1.807, 2.05) is 0 Å². The molecule has 4 atom stereocenters. The molecule has 0 radical (unpaired) electrons. The number of aromatic amines is 2. The molecule has 3 amide bonds. The van der Waals surface area contributed by atoms with Gasteiger partial charge >= 0.3 is 11.9 Å². The van der Waals surface area contributed by atoms with Crippen molar-refractivity contribution >= 4 is 42.3 Å². The molecule has 2 rings (SSSR count). The van der Waals surface area contributed by atoms with Gasteiger partial charge in [-0.1, -0.05) is 0 Å². The van der Waals surface area contributed by atoms with Gasteiger partial charge in [-0.25, -0.2) is 14.8 Å². The van der Waals surface area contributed by atoms with E-state index in [1.54, 1.807) is 0 Å². The van der Waals surface area contributed by atoms with Crippen molar-refractivity contribution in [1.82, 2.24) is 35.9 Å². The molecular formula is C19H26N8O7S. The number of nitrogens with two attached hydrogens (primary N) is 1. The van der Waals surface area contributed by atoms with Crippen LogP contribution in [0.4, 0.5) is 0 Å². The largest absolute Gasteiger partial charge is 0.481 e. The summed E-state index contributed by atoms with van der Waals surface area (Å²) in [6.07, 6.45) is 4.82. The van der Waals surface area contributed by atoms with Crippen molar-refractivity contribution < 1.29 is 34.2 Å². The van der Waals surface area contributed by atoms with Crippen LogP contribution in [0.15, 0.2) is 25.0 Å². The van der Waals surface area contributed by atoms with E-state index in [1.165, 1.54) is 25.0 Å². The van der Waals surface area contributed by atoms with Crippen molar-refractivity contribution in [2.24, 2.45) is 5.73 Å². The SMILES string of the molecule is NC(Cc1cnc[nH]1)C(=O)NC(CS)C(=O)NC(Cc1cnc[nH]1)C(=O)NC(CC(=O)O)C(=O)O. The van der Waals surface area contributed by atoms with Gasteiger partial charge in [0.25, 0.3) is 0 Å². The number of imidazole rings is 2. The van der Waals surface area contributed by atoms with E-state index in [9.17, 15) is 29.1 Å². The Labute approximate surface area is 204 Å². The van der Waals surface area contributed by atoms with Crippen LogP contribution in [0.1, 0.15) is 17.8 Å². The number of hydrogen-bond acceptors (Lipinski definition) is 9. The Kier molecular flexibility index (Phi) is 10.2. The van der Waals surface area contributed by atoms with E-state index in [2.05, 4.69) is 48.5 Å². The van der Waals surface area contributed by atoms with Crippen LogP contribution in [0, 0.1) is 0 Å². The molecule has 0 aliphatic rings. The minimum Gasteiger partial charge on any atom is -0.481 e. The Balaban J connectivity index is 2.08. The minimum absolute atomic E-state index is 0.121. The van der Waals surface area contributed by atoms with Gasteiger partial charge in [-0.05, 0) is 0 Å². The smallest absolute Gasteiger partial charge is 0.326 e. The molecule has 0 bridgehead atoms. The van der Waals surface area contributed by atoms with Gasteiger partial charge in [-0.3, -0.25) is 19.2 Å².